The van der Waals surface area contributed by atoms with Gasteiger partial charge in [-0.05, 0) is 42.8 Å². The van der Waals surface area contributed by atoms with Crippen LogP contribution in [0.3, 0.4) is 0 Å². The van der Waals surface area contributed by atoms with Crippen LogP contribution in [0.15, 0.2) is 34.7 Å². The van der Waals surface area contributed by atoms with E-state index in [0.29, 0.717) is 18.8 Å². The molecule has 0 unspecified atom stereocenters. The Morgan fingerprint density at radius 1 is 0.836 bits per heavy atom. The quantitative estimate of drug-likeness (QED) is 0.115. The highest BCUT2D eigenvalue weighted by Gasteiger charge is 2.57. The Morgan fingerprint density at radius 2 is 1.44 bits per heavy atom. The molecule has 3 aliphatic heterocycles. The number of amides is 7. The van der Waals surface area contributed by atoms with E-state index in [1.54, 1.807) is 6.07 Å². The first-order chi connectivity index (χ1) is 25.7. The molecule has 0 radical (unpaired) electrons. The van der Waals surface area contributed by atoms with E-state index in [4.69, 9.17) is 18.6 Å². The number of halogens is 2. The lowest BCUT2D eigenvalue weighted by Crippen LogP contribution is -2.52. The zero-order chi connectivity index (χ0) is 40.2. The summed E-state index contributed by atoms with van der Waals surface area (Å²) in [6.45, 7) is 13.8. The van der Waals surface area contributed by atoms with Gasteiger partial charge in [0.1, 0.15) is 36.2 Å². The SMILES string of the molecule is COc1ccc2c(c1F)C(=O)N(C[C@]1(c3cc4cc([C@]5(C)NC(=O)N(COCC[Si](C)(C)C)C5=O)c(F)cc4o3)NC(=O)N(COCC[Si](C)(C)C)C1=O)C2. The maximum Gasteiger partial charge on any atom is 0.327 e. The summed E-state index contributed by atoms with van der Waals surface area (Å²) in [7, 11) is -1.66. The van der Waals surface area contributed by atoms with E-state index in [0.717, 1.165) is 28.0 Å². The maximum atomic E-state index is 16.0. The number of methoxy groups -OCH3 is 1. The van der Waals surface area contributed by atoms with E-state index in [1.807, 2.05) is 0 Å². The number of hydrogen-bond acceptors (Lipinski definition) is 9. The number of carbonyl (C=O) groups is 5. The summed E-state index contributed by atoms with van der Waals surface area (Å²) >= 11 is 0. The van der Waals surface area contributed by atoms with Crippen molar-refractivity contribution < 1.29 is 51.4 Å². The molecule has 2 saturated heterocycles. The molecule has 0 saturated carbocycles. The highest BCUT2D eigenvalue weighted by molar-refractivity contribution is 6.76. The van der Waals surface area contributed by atoms with Crippen LogP contribution in [0.1, 0.15) is 34.2 Å². The third kappa shape index (κ3) is 7.51. The highest BCUT2D eigenvalue weighted by atomic mass is 28.3. The van der Waals surface area contributed by atoms with E-state index in [1.165, 1.54) is 37.1 Å². The predicted molar refractivity (Wildman–Crippen MR) is 202 cm³/mol. The molecule has 3 aromatic rings. The van der Waals surface area contributed by atoms with E-state index in [-0.39, 0.29) is 53.6 Å². The number of fused-ring (bicyclic) bond motifs is 2. The molecule has 1 aromatic heterocycles. The Kier molecular flexibility index (Phi) is 10.5. The monoisotopic (exact) mass is 799 g/mol. The number of benzene rings is 2. The van der Waals surface area contributed by atoms with Gasteiger partial charge in [-0.25, -0.2) is 28.2 Å². The topological polar surface area (TPSA) is 160 Å². The van der Waals surface area contributed by atoms with Crippen LogP contribution in [0.5, 0.6) is 5.75 Å². The third-order valence-corrected chi connectivity index (χ3v) is 13.6. The molecule has 2 fully saturated rings. The van der Waals surface area contributed by atoms with Gasteiger partial charge in [-0.2, -0.15) is 0 Å². The molecule has 7 amide bonds. The number of nitrogens with one attached hydrogen (secondary N) is 2. The van der Waals surface area contributed by atoms with Crippen molar-refractivity contribution in [3.8, 4) is 5.75 Å². The predicted octanol–water partition coefficient (Wildman–Crippen LogP) is 5.51. The largest absolute Gasteiger partial charge is 0.494 e. The van der Waals surface area contributed by atoms with Gasteiger partial charge in [0.25, 0.3) is 17.7 Å². The number of urea groups is 2. The second-order valence-electron chi connectivity index (χ2n) is 16.8. The second-order valence-corrected chi connectivity index (χ2v) is 28.1. The first kappa shape index (κ1) is 40.0. The summed E-state index contributed by atoms with van der Waals surface area (Å²) in [5.41, 5.74) is -3.93. The minimum absolute atomic E-state index is 0.0405. The molecule has 0 bridgehead atoms. The fraction of sp³-hybridized carbons (Fsp3) is 0.486. The van der Waals surface area contributed by atoms with Crippen LogP contribution in [-0.2, 0) is 36.7 Å². The van der Waals surface area contributed by atoms with E-state index in [2.05, 4.69) is 49.9 Å². The van der Waals surface area contributed by atoms with Crippen LogP contribution in [0.2, 0.25) is 51.4 Å². The van der Waals surface area contributed by atoms with E-state index < -0.39 is 75.2 Å². The molecule has 3 aliphatic rings. The van der Waals surface area contributed by atoms with Gasteiger partial charge < -0.3 is 34.2 Å². The molecular weight excluding hydrogens is 753 g/mol. The molecule has 296 valence electrons. The summed E-state index contributed by atoms with van der Waals surface area (Å²) in [4.78, 5) is 71.2. The van der Waals surface area contributed by atoms with Crippen LogP contribution in [0.25, 0.3) is 11.0 Å². The molecule has 0 aliphatic carbocycles. The lowest BCUT2D eigenvalue weighted by atomic mass is 9.90. The third-order valence-electron chi connectivity index (χ3n) is 10.2. The molecule has 2 N–H and O–H groups in total. The van der Waals surface area contributed by atoms with E-state index in [9.17, 15) is 24.0 Å². The van der Waals surface area contributed by atoms with Crippen molar-refractivity contribution in [3.63, 3.8) is 0 Å². The molecule has 55 heavy (non-hydrogen) atoms. The van der Waals surface area contributed by atoms with Crippen LogP contribution in [-0.4, -0.2) is 101 Å². The zero-order valence-electron chi connectivity index (χ0n) is 32.3. The Morgan fingerprint density at radius 3 is 2.04 bits per heavy atom. The van der Waals surface area contributed by atoms with Crippen molar-refractivity contribution in [1.82, 2.24) is 25.3 Å². The maximum absolute atomic E-state index is 16.0. The lowest BCUT2D eigenvalue weighted by Gasteiger charge is -2.29. The standard InChI is InChI=1S/C37H47F2N5O9Si2/c1-36(32(46)43(34(48)40-36)20-51-11-13-54(3,4)5)24-15-23-16-28(53-27(23)17-25(24)38)37(33(47)44(35(49)41-37)21-52-12-14-55(6,7)8)19-42-18-22-9-10-26(50-2)30(39)29(22)31(42)45/h9-10,15-17H,11-14,18-21H2,1-8H3,(H,40,48)(H,41,49)/t36-,37+/m0/s1. The summed E-state index contributed by atoms with van der Waals surface area (Å²) in [5, 5.41) is 5.52. The number of ether oxygens (including phenoxy) is 3. The zero-order valence-corrected chi connectivity index (χ0v) is 34.3. The summed E-state index contributed by atoms with van der Waals surface area (Å²) < 4.78 is 53.9. The summed E-state index contributed by atoms with van der Waals surface area (Å²) in [6, 6.07) is 6.74. The molecular formula is C37H47F2N5O9Si2. The van der Waals surface area contributed by atoms with Gasteiger partial charge in [0, 0.05) is 52.9 Å². The number of hydrogen-bond donors (Lipinski definition) is 2. The number of nitrogens with zero attached hydrogens (tertiary/aromatic N) is 3. The number of rotatable bonds is 15. The van der Waals surface area contributed by atoms with E-state index >= 15 is 8.78 Å². The average molecular weight is 800 g/mol. The highest BCUT2D eigenvalue weighted by Crippen LogP contribution is 2.40. The lowest BCUT2D eigenvalue weighted by molar-refractivity contribution is -0.136. The molecule has 0 spiro atoms. The normalized spacial score (nSPS) is 21.6. The van der Waals surface area contributed by atoms with Crippen LogP contribution in [0, 0.1) is 11.6 Å². The van der Waals surface area contributed by atoms with Crippen LogP contribution < -0.4 is 15.4 Å². The summed E-state index contributed by atoms with van der Waals surface area (Å²) in [6.07, 6.45) is 0. The summed E-state index contributed by atoms with van der Waals surface area (Å²) in [5.74, 6) is -4.27. The van der Waals surface area contributed by atoms with Gasteiger partial charge in [0.15, 0.2) is 17.1 Å². The number of furan rings is 1. The number of imide groups is 2. The molecule has 6 rings (SSSR count). The van der Waals surface area contributed by atoms with Crippen molar-refractivity contribution in [2.45, 2.75) is 75.9 Å². The molecule has 2 aromatic carbocycles. The minimum Gasteiger partial charge on any atom is -0.494 e. The Bertz CT molecular complexity index is 2080. The first-order valence-electron chi connectivity index (χ1n) is 18.0. The minimum atomic E-state index is -2.04. The first-order valence-corrected chi connectivity index (χ1v) is 25.4. The molecule has 2 atom stereocenters. The average Bonchev–Trinajstić information content (AvgIpc) is 3.78. The van der Waals surface area contributed by atoms with Gasteiger partial charge >= 0.3 is 12.1 Å². The Hall–Kier alpha value is -4.66. The van der Waals surface area contributed by atoms with Crippen molar-refractivity contribution >= 4 is 56.9 Å². The van der Waals surface area contributed by atoms with Gasteiger partial charge in [-0.3, -0.25) is 14.4 Å². The Labute approximate surface area is 319 Å². The fourth-order valence-electron chi connectivity index (χ4n) is 6.78. The van der Waals surface area contributed by atoms with Crippen molar-refractivity contribution in [2.75, 3.05) is 40.3 Å². The van der Waals surface area contributed by atoms with Crippen molar-refractivity contribution in [1.29, 1.82) is 0 Å². The fourth-order valence-corrected chi connectivity index (χ4v) is 8.30. The number of carbonyl (C=O) groups excluding carboxylic acids is 5. The van der Waals surface area contributed by atoms with Crippen molar-refractivity contribution in [3.05, 3.63) is 64.4 Å². The van der Waals surface area contributed by atoms with Crippen LogP contribution >= 0.6 is 0 Å². The van der Waals surface area contributed by atoms with Gasteiger partial charge in [0.05, 0.1) is 19.2 Å². The van der Waals surface area contributed by atoms with Gasteiger partial charge in [0.2, 0.25) is 0 Å². The van der Waals surface area contributed by atoms with Crippen LogP contribution in [0.4, 0.5) is 18.4 Å². The second kappa shape index (κ2) is 14.4. The van der Waals surface area contributed by atoms with Gasteiger partial charge in [-0.15, -0.1) is 0 Å². The smallest absolute Gasteiger partial charge is 0.327 e. The molecule has 14 nitrogen and oxygen atoms in total. The van der Waals surface area contributed by atoms with Gasteiger partial charge in [-0.1, -0.05) is 45.3 Å². The van der Waals surface area contributed by atoms with Crippen molar-refractivity contribution in [2.24, 2.45) is 0 Å². The molecule has 4 heterocycles. The molecule has 18 heteroatoms. The Balaban J connectivity index is 1.33.